The van der Waals surface area contributed by atoms with Crippen LogP contribution in [0.25, 0.3) is 16.7 Å². The Kier molecular flexibility index (Phi) is 2.88. The van der Waals surface area contributed by atoms with Crippen molar-refractivity contribution in [2.45, 2.75) is 39.5 Å². The van der Waals surface area contributed by atoms with Gasteiger partial charge in [0.2, 0.25) is 6.29 Å². The van der Waals surface area contributed by atoms with Crippen molar-refractivity contribution in [3.05, 3.63) is 53.1 Å². The Morgan fingerprint density at radius 1 is 1.09 bits per heavy atom. The number of aryl methyl sites for hydroxylation is 1. The normalized spacial score (nSPS) is 20.4. The van der Waals surface area contributed by atoms with Gasteiger partial charge in [0.1, 0.15) is 5.75 Å². The van der Waals surface area contributed by atoms with Crippen molar-refractivity contribution in [3.8, 4) is 16.9 Å². The van der Waals surface area contributed by atoms with Crippen molar-refractivity contribution >= 4 is 11.3 Å². The molecule has 2 heterocycles. The van der Waals surface area contributed by atoms with Crippen LogP contribution < -0.4 is 10.1 Å². The highest BCUT2D eigenvalue weighted by atomic mass is 16.6. The molecular formula is C20H21NO2. The highest BCUT2D eigenvalue weighted by Crippen LogP contribution is 2.49. The lowest BCUT2D eigenvalue weighted by Crippen LogP contribution is -2.32. The minimum atomic E-state index is -0.944. The topological polar surface area (TPSA) is 41.5 Å². The van der Waals surface area contributed by atoms with Crippen molar-refractivity contribution in [3.63, 3.8) is 0 Å². The van der Waals surface area contributed by atoms with Crippen molar-refractivity contribution in [1.29, 1.82) is 0 Å². The summed E-state index contributed by atoms with van der Waals surface area (Å²) in [6, 6.07) is 10.2. The fraction of sp³-hybridized carbons (Fsp3) is 0.300. The predicted molar refractivity (Wildman–Crippen MR) is 93.6 cm³/mol. The summed E-state index contributed by atoms with van der Waals surface area (Å²) in [5.74, 6) is 0.746. The maximum Gasteiger partial charge on any atom is 0.225 e. The number of aliphatic hydroxyl groups is 1. The molecule has 0 saturated carbocycles. The highest BCUT2D eigenvalue weighted by molar-refractivity contribution is 5.90. The number of hydrogen-bond donors (Lipinski definition) is 2. The van der Waals surface area contributed by atoms with E-state index in [1.54, 1.807) is 0 Å². The lowest BCUT2D eigenvalue weighted by molar-refractivity contribution is -0.0215. The van der Waals surface area contributed by atoms with E-state index in [1.165, 1.54) is 5.57 Å². The number of aliphatic hydroxyl groups excluding tert-OH is 1. The van der Waals surface area contributed by atoms with Crippen molar-refractivity contribution in [1.82, 2.24) is 0 Å². The molecule has 2 aromatic carbocycles. The van der Waals surface area contributed by atoms with Crippen molar-refractivity contribution in [2.75, 3.05) is 5.32 Å². The number of allylic oxidation sites excluding steroid dienone is 1. The molecule has 3 heteroatoms. The second-order valence-corrected chi connectivity index (χ2v) is 7.04. The predicted octanol–water partition coefficient (Wildman–Crippen LogP) is 4.65. The summed E-state index contributed by atoms with van der Waals surface area (Å²) in [5, 5.41) is 14.2. The van der Waals surface area contributed by atoms with Crippen LogP contribution in [0.5, 0.6) is 5.75 Å². The summed E-state index contributed by atoms with van der Waals surface area (Å²) in [6.07, 6.45) is 1.26. The molecule has 2 aliphatic rings. The van der Waals surface area contributed by atoms with Crippen LogP contribution in [0.1, 0.15) is 43.8 Å². The molecule has 2 N–H and O–H groups in total. The average molecular weight is 307 g/mol. The Hall–Kier alpha value is -2.26. The van der Waals surface area contributed by atoms with Gasteiger partial charge < -0.3 is 15.2 Å². The van der Waals surface area contributed by atoms with Crippen LogP contribution in [0, 0.1) is 6.92 Å². The molecule has 4 rings (SSSR count). The first-order valence-electron chi connectivity index (χ1n) is 7.97. The molecule has 2 aromatic rings. The van der Waals surface area contributed by atoms with Gasteiger partial charge in [-0.2, -0.15) is 0 Å². The summed E-state index contributed by atoms with van der Waals surface area (Å²) in [4.78, 5) is 0. The van der Waals surface area contributed by atoms with Gasteiger partial charge in [-0.15, -0.1) is 0 Å². The minimum absolute atomic E-state index is 0.0976. The zero-order valence-corrected chi connectivity index (χ0v) is 13.9. The van der Waals surface area contributed by atoms with Gasteiger partial charge in [-0.05, 0) is 56.5 Å². The van der Waals surface area contributed by atoms with E-state index in [0.717, 1.165) is 39.3 Å². The molecule has 0 bridgehead atoms. The van der Waals surface area contributed by atoms with Crippen LogP contribution in [-0.4, -0.2) is 10.6 Å². The fourth-order valence-electron chi connectivity index (χ4n) is 3.88. The Morgan fingerprint density at radius 3 is 2.65 bits per heavy atom. The van der Waals surface area contributed by atoms with Crippen molar-refractivity contribution < 1.29 is 9.84 Å². The molecule has 0 aliphatic carbocycles. The van der Waals surface area contributed by atoms with Crippen molar-refractivity contribution in [2.24, 2.45) is 0 Å². The molecule has 1 unspecified atom stereocenters. The quantitative estimate of drug-likeness (QED) is 0.744. The third-order valence-corrected chi connectivity index (χ3v) is 4.66. The summed E-state index contributed by atoms with van der Waals surface area (Å²) in [5.41, 5.74) is 7.33. The first-order valence-corrected chi connectivity index (χ1v) is 7.97. The molecule has 0 amide bonds. The zero-order valence-electron chi connectivity index (χ0n) is 13.9. The molecule has 2 aliphatic heterocycles. The van der Waals surface area contributed by atoms with Gasteiger partial charge in [0, 0.05) is 22.4 Å². The molecule has 1 atom stereocenters. The molecule has 0 aromatic heterocycles. The Bertz CT molecular complexity index is 849. The van der Waals surface area contributed by atoms with Gasteiger partial charge in [0.15, 0.2) is 0 Å². The molecule has 23 heavy (non-hydrogen) atoms. The Morgan fingerprint density at radius 2 is 1.87 bits per heavy atom. The molecule has 0 radical (unpaired) electrons. The van der Waals surface area contributed by atoms with E-state index in [1.807, 2.05) is 12.1 Å². The van der Waals surface area contributed by atoms with Gasteiger partial charge in [0.05, 0.1) is 5.54 Å². The maximum absolute atomic E-state index is 10.6. The summed E-state index contributed by atoms with van der Waals surface area (Å²) >= 11 is 0. The van der Waals surface area contributed by atoms with Gasteiger partial charge in [0.25, 0.3) is 0 Å². The van der Waals surface area contributed by atoms with Crippen LogP contribution in [0.15, 0.2) is 36.4 Å². The molecule has 118 valence electrons. The number of benzene rings is 2. The second-order valence-electron chi connectivity index (χ2n) is 7.04. The molecule has 0 saturated heterocycles. The van der Waals surface area contributed by atoms with E-state index >= 15 is 0 Å². The molecule has 0 spiro atoms. The van der Waals surface area contributed by atoms with Gasteiger partial charge in [-0.3, -0.25) is 0 Å². The molecule has 0 fully saturated rings. The van der Waals surface area contributed by atoms with Crippen LogP contribution >= 0.6 is 0 Å². The largest absolute Gasteiger partial charge is 0.460 e. The van der Waals surface area contributed by atoms with E-state index in [9.17, 15) is 5.11 Å². The lowest BCUT2D eigenvalue weighted by Gasteiger charge is -2.36. The number of hydrogen-bond acceptors (Lipinski definition) is 3. The van der Waals surface area contributed by atoms with E-state index < -0.39 is 6.29 Å². The van der Waals surface area contributed by atoms with Gasteiger partial charge >= 0.3 is 0 Å². The van der Waals surface area contributed by atoms with E-state index in [2.05, 4.69) is 57.3 Å². The summed E-state index contributed by atoms with van der Waals surface area (Å²) in [6.45, 7) is 8.46. The number of nitrogens with one attached hydrogen (secondary N) is 1. The van der Waals surface area contributed by atoms with Crippen LogP contribution in [0.2, 0.25) is 0 Å². The molecular weight excluding hydrogens is 286 g/mol. The fourth-order valence-corrected chi connectivity index (χ4v) is 3.88. The third kappa shape index (κ3) is 2.07. The first-order chi connectivity index (χ1) is 10.9. The monoisotopic (exact) mass is 307 g/mol. The third-order valence-electron chi connectivity index (χ3n) is 4.66. The highest BCUT2D eigenvalue weighted by Gasteiger charge is 2.33. The average Bonchev–Trinajstić information content (AvgIpc) is 2.45. The van der Waals surface area contributed by atoms with Crippen LogP contribution in [0.3, 0.4) is 0 Å². The van der Waals surface area contributed by atoms with Crippen LogP contribution in [-0.2, 0) is 0 Å². The first kappa shape index (κ1) is 14.3. The van der Waals surface area contributed by atoms with E-state index in [-0.39, 0.29) is 5.54 Å². The van der Waals surface area contributed by atoms with Crippen LogP contribution in [0.4, 0.5) is 5.69 Å². The summed E-state index contributed by atoms with van der Waals surface area (Å²) < 4.78 is 5.81. The van der Waals surface area contributed by atoms with Gasteiger partial charge in [-0.25, -0.2) is 0 Å². The Balaban J connectivity index is 2.03. The van der Waals surface area contributed by atoms with E-state index in [0.29, 0.717) is 0 Å². The minimum Gasteiger partial charge on any atom is -0.460 e. The standard InChI is InChI=1S/C20H21NO2/c1-11-6-5-7-15-16(11)13-8-9-14-17(18(13)19(22)23-15)12(2)10-20(3,4)21-14/h5-10,19,21-22H,1-4H3. The number of anilines is 1. The summed E-state index contributed by atoms with van der Waals surface area (Å²) in [7, 11) is 0. The zero-order chi connectivity index (χ0) is 16.4. The maximum atomic E-state index is 10.6. The number of rotatable bonds is 0. The second kappa shape index (κ2) is 4.62. The molecule has 3 nitrogen and oxygen atoms in total. The SMILES string of the molecule is CC1=CC(C)(C)Nc2ccc3c(c21)C(O)Oc1cccc(C)c1-3. The smallest absolute Gasteiger partial charge is 0.225 e. The van der Waals surface area contributed by atoms with E-state index in [4.69, 9.17) is 4.74 Å². The number of fused-ring (bicyclic) bond motifs is 5. The lowest BCUT2D eigenvalue weighted by atomic mass is 9.83. The number of ether oxygens (including phenoxy) is 1. The Labute approximate surface area is 136 Å². The van der Waals surface area contributed by atoms with Gasteiger partial charge in [-0.1, -0.05) is 24.3 Å².